The molecule has 106 valence electrons. The molecule has 1 rings (SSSR count). The molecule has 1 aromatic carbocycles. The van der Waals surface area contributed by atoms with Crippen LogP contribution in [0.1, 0.15) is 37.6 Å². The van der Waals surface area contributed by atoms with E-state index < -0.39 is 5.97 Å². The quantitative estimate of drug-likeness (QED) is 0.893. The van der Waals surface area contributed by atoms with E-state index in [0.29, 0.717) is 17.4 Å². The fraction of sp³-hybridized carbons (Fsp3) is 0.500. The minimum Gasteiger partial charge on any atom is -0.493 e. The SMILES string of the molecule is COc1cc(Cl)cc(C(=O)O)c1OCCC(C)(C)C. The zero-order chi connectivity index (χ0) is 14.6. The average Bonchev–Trinajstić information content (AvgIpc) is 2.28. The van der Waals surface area contributed by atoms with Gasteiger partial charge in [0.2, 0.25) is 0 Å². The maximum absolute atomic E-state index is 11.2. The topological polar surface area (TPSA) is 55.8 Å². The number of benzene rings is 1. The number of carboxylic acid groups (broad SMARTS) is 1. The predicted octanol–water partition coefficient (Wildman–Crippen LogP) is 3.86. The molecule has 0 aliphatic carbocycles. The van der Waals surface area contributed by atoms with Gasteiger partial charge in [0, 0.05) is 11.1 Å². The lowest BCUT2D eigenvalue weighted by molar-refractivity contribution is 0.0691. The van der Waals surface area contributed by atoms with Crippen molar-refractivity contribution in [3.63, 3.8) is 0 Å². The number of rotatable bonds is 5. The summed E-state index contributed by atoms with van der Waals surface area (Å²) in [7, 11) is 1.45. The third-order valence-electron chi connectivity index (χ3n) is 2.57. The fourth-order valence-corrected chi connectivity index (χ4v) is 1.70. The summed E-state index contributed by atoms with van der Waals surface area (Å²) in [5, 5.41) is 9.48. The second kappa shape index (κ2) is 6.15. The number of aromatic carboxylic acids is 1. The summed E-state index contributed by atoms with van der Waals surface area (Å²) in [4.78, 5) is 11.2. The maximum Gasteiger partial charge on any atom is 0.339 e. The zero-order valence-electron chi connectivity index (χ0n) is 11.6. The first kappa shape index (κ1) is 15.6. The maximum atomic E-state index is 11.2. The molecule has 0 saturated carbocycles. The minimum absolute atomic E-state index is 0.0123. The molecule has 19 heavy (non-hydrogen) atoms. The summed E-state index contributed by atoms with van der Waals surface area (Å²) in [6, 6.07) is 2.90. The molecule has 1 N–H and O–H groups in total. The number of hydrogen-bond donors (Lipinski definition) is 1. The molecule has 4 nitrogen and oxygen atoms in total. The van der Waals surface area contributed by atoms with Crippen LogP contribution in [0.25, 0.3) is 0 Å². The Morgan fingerprint density at radius 1 is 1.37 bits per heavy atom. The van der Waals surface area contributed by atoms with E-state index in [1.54, 1.807) is 6.07 Å². The fourth-order valence-electron chi connectivity index (χ4n) is 1.49. The van der Waals surface area contributed by atoms with Gasteiger partial charge in [-0.3, -0.25) is 0 Å². The van der Waals surface area contributed by atoms with Crippen molar-refractivity contribution in [1.82, 2.24) is 0 Å². The van der Waals surface area contributed by atoms with Gasteiger partial charge in [0.1, 0.15) is 5.56 Å². The number of carbonyl (C=O) groups is 1. The highest BCUT2D eigenvalue weighted by Gasteiger charge is 2.19. The normalized spacial score (nSPS) is 11.2. The number of ether oxygens (including phenoxy) is 2. The Hall–Kier alpha value is -1.42. The molecule has 0 atom stereocenters. The van der Waals surface area contributed by atoms with Gasteiger partial charge in [0.05, 0.1) is 13.7 Å². The predicted molar refractivity (Wildman–Crippen MR) is 74.5 cm³/mol. The summed E-state index contributed by atoms with van der Waals surface area (Å²) in [5.41, 5.74) is 0.126. The second-order valence-corrected chi connectivity index (χ2v) is 5.89. The first-order chi connectivity index (χ1) is 8.74. The largest absolute Gasteiger partial charge is 0.493 e. The van der Waals surface area contributed by atoms with E-state index in [2.05, 4.69) is 20.8 Å². The molecule has 0 aliphatic heterocycles. The van der Waals surface area contributed by atoms with Crippen LogP contribution in [-0.2, 0) is 0 Å². The summed E-state index contributed by atoms with van der Waals surface area (Å²) < 4.78 is 10.7. The Bertz CT molecular complexity index is 463. The van der Waals surface area contributed by atoms with Crippen LogP contribution in [0.4, 0.5) is 0 Å². The summed E-state index contributed by atoms with van der Waals surface area (Å²) in [6.07, 6.45) is 0.803. The molecular weight excluding hydrogens is 268 g/mol. The van der Waals surface area contributed by atoms with E-state index in [-0.39, 0.29) is 16.7 Å². The van der Waals surface area contributed by atoms with Crippen LogP contribution in [0.2, 0.25) is 5.02 Å². The molecule has 0 saturated heterocycles. The number of methoxy groups -OCH3 is 1. The van der Waals surface area contributed by atoms with Gasteiger partial charge >= 0.3 is 5.97 Å². The molecule has 0 bridgehead atoms. The van der Waals surface area contributed by atoms with Crippen LogP contribution >= 0.6 is 11.6 Å². The molecule has 0 unspecified atom stereocenters. The highest BCUT2D eigenvalue weighted by Crippen LogP contribution is 2.35. The van der Waals surface area contributed by atoms with Crippen molar-refractivity contribution in [2.75, 3.05) is 13.7 Å². The Morgan fingerprint density at radius 2 is 2.00 bits per heavy atom. The van der Waals surface area contributed by atoms with Crippen molar-refractivity contribution < 1.29 is 19.4 Å². The van der Waals surface area contributed by atoms with E-state index in [1.807, 2.05) is 0 Å². The molecule has 0 spiro atoms. The standard InChI is InChI=1S/C14H19ClO4/c1-14(2,3)5-6-19-12-10(13(16)17)7-9(15)8-11(12)18-4/h7-8H,5-6H2,1-4H3,(H,16,17). The lowest BCUT2D eigenvalue weighted by Crippen LogP contribution is -2.13. The van der Waals surface area contributed by atoms with Crippen LogP contribution in [0.15, 0.2) is 12.1 Å². The van der Waals surface area contributed by atoms with E-state index >= 15 is 0 Å². The lowest BCUT2D eigenvalue weighted by atomic mass is 9.93. The van der Waals surface area contributed by atoms with Crippen LogP contribution in [0, 0.1) is 5.41 Å². The van der Waals surface area contributed by atoms with Crippen LogP contribution in [-0.4, -0.2) is 24.8 Å². The van der Waals surface area contributed by atoms with E-state index in [0.717, 1.165) is 6.42 Å². The van der Waals surface area contributed by atoms with Crippen LogP contribution < -0.4 is 9.47 Å². The number of carboxylic acids is 1. The van der Waals surface area contributed by atoms with Gasteiger partial charge in [0.15, 0.2) is 11.5 Å². The van der Waals surface area contributed by atoms with Crippen molar-refractivity contribution in [2.24, 2.45) is 5.41 Å². The zero-order valence-corrected chi connectivity index (χ0v) is 12.4. The molecule has 5 heteroatoms. The van der Waals surface area contributed by atoms with E-state index in [9.17, 15) is 9.90 Å². The van der Waals surface area contributed by atoms with E-state index in [4.69, 9.17) is 21.1 Å². The van der Waals surface area contributed by atoms with Gasteiger partial charge in [-0.1, -0.05) is 32.4 Å². The third-order valence-corrected chi connectivity index (χ3v) is 2.79. The molecule has 0 fully saturated rings. The van der Waals surface area contributed by atoms with Crippen LogP contribution in [0.5, 0.6) is 11.5 Å². The summed E-state index contributed by atoms with van der Waals surface area (Å²) in [6.45, 7) is 6.69. The van der Waals surface area contributed by atoms with Crippen molar-refractivity contribution in [3.8, 4) is 11.5 Å². The highest BCUT2D eigenvalue weighted by molar-refractivity contribution is 6.31. The Morgan fingerprint density at radius 3 is 2.47 bits per heavy atom. The Labute approximate surface area is 118 Å². The van der Waals surface area contributed by atoms with Crippen molar-refractivity contribution in [2.45, 2.75) is 27.2 Å². The Balaban J connectivity index is 3.00. The molecular formula is C14H19ClO4. The smallest absolute Gasteiger partial charge is 0.339 e. The molecule has 0 aliphatic rings. The second-order valence-electron chi connectivity index (χ2n) is 5.45. The van der Waals surface area contributed by atoms with Gasteiger partial charge < -0.3 is 14.6 Å². The van der Waals surface area contributed by atoms with Crippen molar-refractivity contribution in [1.29, 1.82) is 0 Å². The first-order valence-corrected chi connectivity index (χ1v) is 6.36. The van der Waals surface area contributed by atoms with Crippen molar-refractivity contribution in [3.05, 3.63) is 22.7 Å². The minimum atomic E-state index is -1.09. The monoisotopic (exact) mass is 286 g/mol. The average molecular weight is 287 g/mol. The van der Waals surface area contributed by atoms with Gasteiger partial charge in [-0.25, -0.2) is 4.79 Å². The molecule has 1 aromatic rings. The summed E-state index contributed by atoms with van der Waals surface area (Å²) >= 11 is 5.85. The van der Waals surface area contributed by atoms with Crippen LogP contribution in [0.3, 0.4) is 0 Å². The Kier molecular flexibility index (Phi) is 5.06. The highest BCUT2D eigenvalue weighted by atomic mass is 35.5. The van der Waals surface area contributed by atoms with Gasteiger partial charge in [-0.15, -0.1) is 0 Å². The van der Waals surface area contributed by atoms with E-state index in [1.165, 1.54) is 13.2 Å². The molecule has 0 heterocycles. The van der Waals surface area contributed by atoms with Gasteiger partial charge in [-0.05, 0) is 17.9 Å². The lowest BCUT2D eigenvalue weighted by Gasteiger charge is -2.19. The molecule has 0 amide bonds. The number of halogens is 1. The van der Waals surface area contributed by atoms with Gasteiger partial charge in [-0.2, -0.15) is 0 Å². The summed E-state index contributed by atoms with van der Waals surface area (Å²) in [5.74, 6) is -0.533. The van der Waals surface area contributed by atoms with Gasteiger partial charge in [0.25, 0.3) is 0 Å². The molecule has 0 aromatic heterocycles. The third kappa shape index (κ3) is 4.63. The van der Waals surface area contributed by atoms with Crippen molar-refractivity contribution >= 4 is 17.6 Å². The number of hydrogen-bond acceptors (Lipinski definition) is 3. The first-order valence-electron chi connectivity index (χ1n) is 5.98. The molecule has 0 radical (unpaired) electrons.